The minimum absolute atomic E-state index is 0.0479. The van der Waals surface area contributed by atoms with Gasteiger partial charge in [-0.25, -0.2) is 0 Å². The maximum atomic E-state index is 12.5. The molecule has 0 N–H and O–H groups in total. The highest BCUT2D eigenvalue weighted by atomic mass is 16.5. The van der Waals surface area contributed by atoms with E-state index < -0.39 is 0 Å². The van der Waals surface area contributed by atoms with Gasteiger partial charge in [-0.15, -0.1) is 0 Å². The summed E-state index contributed by atoms with van der Waals surface area (Å²) in [7, 11) is 0. The van der Waals surface area contributed by atoms with E-state index in [0.29, 0.717) is 31.9 Å². The average Bonchev–Trinajstić information content (AvgIpc) is 3.19. The molecule has 0 radical (unpaired) electrons. The van der Waals surface area contributed by atoms with Gasteiger partial charge >= 0.3 is 0 Å². The minimum atomic E-state index is 0.0479. The summed E-state index contributed by atoms with van der Waals surface area (Å²) < 4.78 is 7.18. The standard InChI is InChI=1S/C19H26N6O2/c26-19(24-9-11-27-12-10-24)18-13-21-25(15-18)16-23-7-5-22(6-8-23)14-17-1-3-20-4-2-17/h1-4,13,15H,5-12,14,16H2. The van der Waals surface area contributed by atoms with Gasteiger partial charge in [0.05, 0.1) is 31.6 Å². The summed E-state index contributed by atoms with van der Waals surface area (Å²) in [4.78, 5) is 23.3. The first kappa shape index (κ1) is 18.1. The number of carbonyl (C=O) groups is 1. The molecule has 0 aromatic carbocycles. The summed E-state index contributed by atoms with van der Waals surface area (Å²) in [6, 6.07) is 4.15. The summed E-state index contributed by atoms with van der Waals surface area (Å²) in [5.41, 5.74) is 1.96. The molecule has 2 aromatic heterocycles. The first-order valence-corrected chi connectivity index (χ1v) is 9.51. The van der Waals surface area contributed by atoms with Crippen LogP contribution < -0.4 is 0 Å². The van der Waals surface area contributed by atoms with E-state index in [1.807, 2.05) is 28.2 Å². The van der Waals surface area contributed by atoms with E-state index in [0.717, 1.165) is 39.4 Å². The van der Waals surface area contributed by atoms with Gasteiger partial charge in [-0.2, -0.15) is 5.10 Å². The molecule has 0 spiro atoms. The van der Waals surface area contributed by atoms with E-state index in [4.69, 9.17) is 4.74 Å². The number of carbonyl (C=O) groups excluding carboxylic acids is 1. The topological polar surface area (TPSA) is 66.7 Å². The fourth-order valence-electron chi connectivity index (χ4n) is 3.54. The molecule has 144 valence electrons. The molecule has 0 unspecified atom stereocenters. The van der Waals surface area contributed by atoms with Gasteiger partial charge in [-0.05, 0) is 17.7 Å². The number of nitrogens with zero attached hydrogens (tertiary/aromatic N) is 6. The third kappa shape index (κ3) is 4.71. The lowest BCUT2D eigenvalue weighted by molar-refractivity contribution is 0.0302. The number of amides is 1. The van der Waals surface area contributed by atoms with Gasteiger partial charge in [-0.3, -0.25) is 24.3 Å². The van der Waals surface area contributed by atoms with Crippen molar-refractivity contribution in [3.63, 3.8) is 0 Å². The van der Waals surface area contributed by atoms with E-state index in [2.05, 4.69) is 32.0 Å². The van der Waals surface area contributed by atoms with Crippen LogP contribution in [0.1, 0.15) is 15.9 Å². The van der Waals surface area contributed by atoms with Gasteiger partial charge in [0.1, 0.15) is 0 Å². The molecule has 2 aromatic rings. The number of rotatable bonds is 5. The summed E-state index contributed by atoms with van der Waals surface area (Å²) >= 11 is 0. The van der Waals surface area contributed by atoms with Gasteiger partial charge < -0.3 is 9.64 Å². The Balaban J connectivity index is 1.26. The third-order valence-electron chi connectivity index (χ3n) is 5.14. The number of hydrogen-bond acceptors (Lipinski definition) is 6. The molecule has 1 amide bonds. The van der Waals surface area contributed by atoms with E-state index in [9.17, 15) is 4.79 Å². The molecule has 0 atom stereocenters. The Hall–Kier alpha value is -2.29. The number of hydrogen-bond donors (Lipinski definition) is 0. The van der Waals surface area contributed by atoms with Crippen LogP contribution >= 0.6 is 0 Å². The summed E-state index contributed by atoms with van der Waals surface area (Å²) in [5.74, 6) is 0.0479. The van der Waals surface area contributed by atoms with Crippen LogP contribution in [-0.2, 0) is 18.0 Å². The molecule has 4 heterocycles. The van der Waals surface area contributed by atoms with Crippen LogP contribution in [-0.4, -0.2) is 87.9 Å². The number of piperazine rings is 1. The van der Waals surface area contributed by atoms with Crippen molar-refractivity contribution in [3.05, 3.63) is 48.0 Å². The smallest absolute Gasteiger partial charge is 0.257 e. The zero-order valence-electron chi connectivity index (χ0n) is 15.5. The Labute approximate surface area is 159 Å². The molecule has 0 saturated carbocycles. The second-order valence-electron chi connectivity index (χ2n) is 7.06. The maximum Gasteiger partial charge on any atom is 0.257 e. The largest absolute Gasteiger partial charge is 0.378 e. The van der Waals surface area contributed by atoms with E-state index >= 15 is 0 Å². The summed E-state index contributed by atoms with van der Waals surface area (Å²) in [5, 5.41) is 4.39. The number of morpholine rings is 1. The van der Waals surface area contributed by atoms with Crippen molar-refractivity contribution >= 4 is 5.91 Å². The zero-order chi connectivity index (χ0) is 18.5. The Morgan fingerprint density at radius 3 is 2.44 bits per heavy atom. The van der Waals surface area contributed by atoms with Crippen LogP contribution in [0, 0.1) is 0 Å². The monoisotopic (exact) mass is 370 g/mol. The molecule has 2 aliphatic heterocycles. The van der Waals surface area contributed by atoms with Gasteiger partial charge in [0, 0.05) is 64.4 Å². The Morgan fingerprint density at radius 2 is 1.70 bits per heavy atom. The fraction of sp³-hybridized carbons (Fsp3) is 0.526. The number of ether oxygens (including phenoxy) is 1. The van der Waals surface area contributed by atoms with Gasteiger partial charge in [0.15, 0.2) is 0 Å². The average molecular weight is 370 g/mol. The van der Waals surface area contributed by atoms with Crippen LogP contribution in [0.15, 0.2) is 36.9 Å². The number of aromatic nitrogens is 3. The molecular formula is C19H26N6O2. The minimum Gasteiger partial charge on any atom is -0.378 e. The predicted molar refractivity (Wildman–Crippen MR) is 100 cm³/mol. The maximum absolute atomic E-state index is 12.5. The molecule has 2 fully saturated rings. The fourth-order valence-corrected chi connectivity index (χ4v) is 3.54. The molecule has 2 aliphatic rings. The second kappa shape index (κ2) is 8.60. The molecule has 4 rings (SSSR count). The molecule has 0 aliphatic carbocycles. The lowest BCUT2D eigenvalue weighted by Gasteiger charge is -2.34. The van der Waals surface area contributed by atoms with Crippen molar-refractivity contribution < 1.29 is 9.53 Å². The molecule has 27 heavy (non-hydrogen) atoms. The van der Waals surface area contributed by atoms with Gasteiger partial charge in [0.2, 0.25) is 0 Å². The van der Waals surface area contributed by atoms with Crippen LogP contribution in [0.25, 0.3) is 0 Å². The molecule has 8 heteroatoms. The van der Waals surface area contributed by atoms with Crippen LogP contribution in [0.3, 0.4) is 0 Å². The van der Waals surface area contributed by atoms with Crippen molar-refractivity contribution in [1.82, 2.24) is 29.5 Å². The highest BCUT2D eigenvalue weighted by Crippen LogP contribution is 2.10. The Bertz CT molecular complexity index is 736. The molecule has 2 saturated heterocycles. The van der Waals surface area contributed by atoms with Crippen molar-refractivity contribution in [2.24, 2.45) is 0 Å². The van der Waals surface area contributed by atoms with Crippen molar-refractivity contribution in [3.8, 4) is 0 Å². The quantitative estimate of drug-likeness (QED) is 0.765. The zero-order valence-corrected chi connectivity index (χ0v) is 15.5. The van der Waals surface area contributed by atoms with Crippen LogP contribution in [0.4, 0.5) is 0 Å². The Kier molecular flexibility index (Phi) is 5.76. The van der Waals surface area contributed by atoms with Gasteiger partial charge in [-0.1, -0.05) is 0 Å². The molecule has 8 nitrogen and oxygen atoms in total. The number of pyridine rings is 1. The van der Waals surface area contributed by atoms with Crippen molar-refractivity contribution in [2.75, 3.05) is 52.5 Å². The molecular weight excluding hydrogens is 344 g/mol. The first-order chi connectivity index (χ1) is 13.3. The highest BCUT2D eigenvalue weighted by molar-refractivity contribution is 5.93. The lowest BCUT2D eigenvalue weighted by atomic mass is 10.2. The lowest BCUT2D eigenvalue weighted by Crippen LogP contribution is -2.46. The SMILES string of the molecule is O=C(c1cnn(CN2CCN(Cc3ccncc3)CC2)c1)N1CCOCC1. The predicted octanol–water partition coefficient (Wildman–Crippen LogP) is 0.526. The van der Waals surface area contributed by atoms with E-state index in [-0.39, 0.29) is 5.91 Å². The van der Waals surface area contributed by atoms with E-state index in [1.165, 1.54) is 5.56 Å². The summed E-state index contributed by atoms with van der Waals surface area (Å²) in [6.45, 7) is 8.29. The second-order valence-corrected chi connectivity index (χ2v) is 7.06. The van der Waals surface area contributed by atoms with E-state index in [1.54, 1.807) is 6.20 Å². The third-order valence-corrected chi connectivity index (χ3v) is 5.14. The van der Waals surface area contributed by atoms with Gasteiger partial charge in [0.25, 0.3) is 5.91 Å². The van der Waals surface area contributed by atoms with Crippen molar-refractivity contribution in [2.45, 2.75) is 13.2 Å². The normalized spacial score (nSPS) is 19.3. The molecule has 0 bridgehead atoms. The highest BCUT2D eigenvalue weighted by Gasteiger charge is 2.21. The van der Waals surface area contributed by atoms with Crippen LogP contribution in [0.2, 0.25) is 0 Å². The first-order valence-electron chi connectivity index (χ1n) is 9.51. The van der Waals surface area contributed by atoms with Crippen molar-refractivity contribution in [1.29, 1.82) is 0 Å². The summed E-state index contributed by atoms with van der Waals surface area (Å²) in [6.07, 6.45) is 7.23. The Morgan fingerprint density at radius 1 is 1.00 bits per heavy atom. The van der Waals surface area contributed by atoms with Crippen LogP contribution in [0.5, 0.6) is 0 Å².